The van der Waals surface area contributed by atoms with Gasteiger partial charge in [-0.15, -0.1) is 0 Å². The molecule has 112 valence electrons. The zero-order valence-electron chi connectivity index (χ0n) is 12.7. The lowest BCUT2D eigenvalue weighted by Gasteiger charge is -2.11. The normalized spacial score (nSPS) is 11.1. The highest BCUT2D eigenvalue weighted by Crippen LogP contribution is 2.26. The highest BCUT2D eigenvalue weighted by Gasteiger charge is 2.15. The summed E-state index contributed by atoms with van der Waals surface area (Å²) in [6.45, 7) is 7.96. The molecule has 0 saturated carbocycles. The van der Waals surface area contributed by atoms with Crippen LogP contribution in [0, 0.1) is 13.8 Å². The zero-order chi connectivity index (χ0) is 15.7. The van der Waals surface area contributed by atoms with E-state index in [0.717, 1.165) is 22.2 Å². The molecule has 1 aromatic heterocycles. The number of benzene rings is 1. The average Bonchev–Trinajstić information content (AvgIpc) is 2.62. The number of carboxylic acid groups (broad SMARTS) is 1. The quantitative estimate of drug-likeness (QED) is 0.908. The summed E-state index contributed by atoms with van der Waals surface area (Å²) < 4.78 is 1.92. The summed E-state index contributed by atoms with van der Waals surface area (Å²) in [5, 5.41) is 12.8. The second-order valence-electron chi connectivity index (χ2n) is 5.56. The van der Waals surface area contributed by atoms with E-state index in [9.17, 15) is 9.59 Å². The fraction of sp³-hybridized carbons (Fsp3) is 0.375. The number of rotatable bonds is 4. The number of nitrogens with zero attached hydrogens (tertiary/aromatic N) is 1. The van der Waals surface area contributed by atoms with Crippen LogP contribution in [0.5, 0.6) is 0 Å². The number of carbonyl (C=O) groups is 2. The molecule has 1 amide bonds. The molecule has 2 rings (SSSR count). The Hall–Kier alpha value is -2.30. The van der Waals surface area contributed by atoms with Crippen LogP contribution in [-0.2, 0) is 11.3 Å². The van der Waals surface area contributed by atoms with Gasteiger partial charge in [0, 0.05) is 22.6 Å². The van der Waals surface area contributed by atoms with Gasteiger partial charge in [-0.2, -0.15) is 0 Å². The maximum atomic E-state index is 12.0. The minimum Gasteiger partial charge on any atom is -0.478 e. The molecule has 5 nitrogen and oxygen atoms in total. The first-order chi connectivity index (χ1) is 9.81. The Kier molecular flexibility index (Phi) is 4.02. The van der Waals surface area contributed by atoms with Crippen LogP contribution >= 0.6 is 0 Å². The van der Waals surface area contributed by atoms with Gasteiger partial charge in [-0.3, -0.25) is 4.79 Å². The van der Waals surface area contributed by atoms with Crippen LogP contribution in [0.3, 0.4) is 0 Å². The van der Waals surface area contributed by atoms with E-state index in [1.54, 1.807) is 18.2 Å². The molecule has 0 aliphatic heterocycles. The number of aryl methyl sites for hydroxylation is 1. The maximum Gasteiger partial charge on any atom is 0.335 e. The Morgan fingerprint density at radius 1 is 1.29 bits per heavy atom. The van der Waals surface area contributed by atoms with Gasteiger partial charge in [0.1, 0.15) is 6.54 Å². The number of hydrogen-bond acceptors (Lipinski definition) is 2. The predicted molar refractivity (Wildman–Crippen MR) is 81.7 cm³/mol. The third-order valence-corrected chi connectivity index (χ3v) is 3.64. The first-order valence-electron chi connectivity index (χ1n) is 6.93. The van der Waals surface area contributed by atoms with Gasteiger partial charge in [-0.25, -0.2) is 4.79 Å². The predicted octanol–water partition coefficient (Wildman–Crippen LogP) is 2.48. The molecule has 0 aliphatic carbocycles. The number of hydrogen-bond donors (Lipinski definition) is 2. The van der Waals surface area contributed by atoms with E-state index in [2.05, 4.69) is 5.32 Å². The molecule has 0 radical (unpaired) electrons. The van der Waals surface area contributed by atoms with E-state index in [1.807, 2.05) is 32.3 Å². The second-order valence-corrected chi connectivity index (χ2v) is 5.56. The monoisotopic (exact) mass is 288 g/mol. The first-order valence-corrected chi connectivity index (χ1v) is 6.93. The molecule has 2 aromatic rings. The van der Waals surface area contributed by atoms with Crippen molar-refractivity contribution in [3.05, 3.63) is 35.0 Å². The summed E-state index contributed by atoms with van der Waals surface area (Å²) >= 11 is 0. The van der Waals surface area contributed by atoms with Gasteiger partial charge >= 0.3 is 5.97 Å². The van der Waals surface area contributed by atoms with Crippen LogP contribution in [-0.4, -0.2) is 27.6 Å². The summed E-state index contributed by atoms with van der Waals surface area (Å²) in [6, 6.07) is 5.10. The van der Waals surface area contributed by atoms with E-state index < -0.39 is 5.97 Å². The van der Waals surface area contributed by atoms with Crippen molar-refractivity contribution in [3.63, 3.8) is 0 Å². The van der Waals surface area contributed by atoms with E-state index in [-0.39, 0.29) is 24.1 Å². The van der Waals surface area contributed by atoms with Crippen molar-refractivity contribution >= 4 is 22.8 Å². The lowest BCUT2D eigenvalue weighted by molar-refractivity contribution is -0.122. The summed E-state index contributed by atoms with van der Waals surface area (Å²) in [5.74, 6) is -0.994. The molecule has 1 heterocycles. The van der Waals surface area contributed by atoms with E-state index in [0.29, 0.717) is 0 Å². The smallest absolute Gasteiger partial charge is 0.335 e. The standard InChI is InChI=1S/C16H20N2O3/c1-9(2)17-15(19)8-18-11(4)10(3)13-7-12(16(20)21)5-6-14(13)18/h5-7,9H,8H2,1-4H3,(H,17,19)(H,20,21). The topological polar surface area (TPSA) is 71.3 Å². The van der Waals surface area contributed by atoms with Crippen molar-refractivity contribution in [3.8, 4) is 0 Å². The summed E-state index contributed by atoms with van der Waals surface area (Å²) in [7, 11) is 0. The molecule has 0 bridgehead atoms. The lowest BCUT2D eigenvalue weighted by atomic mass is 10.1. The fourth-order valence-corrected chi connectivity index (χ4v) is 2.50. The van der Waals surface area contributed by atoms with Crippen LogP contribution in [0.2, 0.25) is 0 Å². The Balaban J connectivity index is 2.47. The Labute approximate surface area is 123 Å². The first kappa shape index (κ1) is 15.1. The van der Waals surface area contributed by atoms with Gasteiger partial charge in [-0.1, -0.05) is 0 Å². The van der Waals surface area contributed by atoms with Crippen molar-refractivity contribution in [1.82, 2.24) is 9.88 Å². The Bertz CT molecular complexity index is 714. The molecule has 0 aliphatic rings. The highest BCUT2D eigenvalue weighted by atomic mass is 16.4. The van der Waals surface area contributed by atoms with Crippen LogP contribution in [0.1, 0.15) is 35.5 Å². The van der Waals surface area contributed by atoms with Crippen molar-refractivity contribution in [2.45, 2.75) is 40.3 Å². The number of aromatic nitrogens is 1. The van der Waals surface area contributed by atoms with Crippen LogP contribution < -0.4 is 5.32 Å². The van der Waals surface area contributed by atoms with Crippen molar-refractivity contribution in [2.75, 3.05) is 0 Å². The SMILES string of the molecule is Cc1c(C)n(CC(=O)NC(C)C)c2ccc(C(=O)O)cc12. The summed E-state index contributed by atoms with van der Waals surface area (Å²) in [5.41, 5.74) is 3.13. The molecule has 0 fully saturated rings. The third kappa shape index (κ3) is 2.91. The van der Waals surface area contributed by atoms with Gasteiger partial charge in [0.2, 0.25) is 5.91 Å². The third-order valence-electron chi connectivity index (χ3n) is 3.64. The minimum absolute atomic E-state index is 0.0488. The molecule has 0 spiro atoms. The van der Waals surface area contributed by atoms with Gasteiger partial charge in [-0.05, 0) is 51.5 Å². The molecule has 0 saturated heterocycles. The molecule has 1 aromatic carbocycles. The highest BCUT2D eigenvalue weighted by molar-refractivity contribution is 5.95. The zero-order valence-corrected chi connectivity index (χ0v) is 12.7. The van der Waals surface area contributed by atoms with Crippen molar-refractivity contribution in [1.29, 1.82) is 0 Å². The van der Waals surface area contributed by atoms with Gasteiger partial charge in [0.05, 0.1) is 5.56 Å². The molecule has 0 unspecified atom stereocenters. The minimum atomic E-state index is -0.945. The summed E-state index contributed by atoms with van der Waals surface area (Å²) in [4.78, 5) is 23.1. The number of aromatic carboxylic acids is 1. The van der Waals surface area contributed by atoms with Crippen LogP contribution in [0.15, 0.2) is 18.2 Å². The summed E-state index contributed by atoms with van der Waals surface area (Å²) in [6.07, 6.45) is 0. The lowest BCUT2D eigenvalue weighted by Crippen LogP contribution is -2.33. The molecule has 0 atom stereocenters. The van der Waals surface area contributed by atoms with Gasteiger partial charge in [0.15, 0.2) is 0 Å². The van der Waals surface area contributed by atoms with Crippen molar-refractivity contribution < 1.29 is 14.7 Å². The van der Waals surface area contributed by atoms with Crippen LogP contribution in [0.4, 0.5) is 0 Å². The Morgan fingerprint density at radius 3 is 2.52 bits per heavy atom. The number of nitrogens with one attached hydrogen (secondary N) is 1. The van der Waals surface area contributed by atoms with Crippen molar-refractivity contribution in [2.24, 2.45) is 0 Å². The number of fused-ring (bicyclic) bond motifs is 1. The molecular formula is C16H20N2O3. The largest absolute Gasteiger partial charge is 0.478 e. The van der Waals surface area contributed by atoms with E-state index in [1.165, 1.54) is 0 Å². The van der Waals surface area contributed by atoms with Crippen LogP contribution in [0.25, 0.3) is 10.9 Å². The van der Waals surface area contributed by atoms with Gasteiger partial charge in [0.25, 0.3) is 0 Å². The number of carboxylic acids is 1. The Morgan fingerprint density at radius 2 is 1.95 bits per heavy atom. The molecule has 5 heteroatoms. The molecular weight excluding hydrogens is 268 g/mol. The second kappa shape index (κ2) is 5.60. The molecule has 21 heavy (non-hydrogen) atoms. The number of amides is 1. The fourth-order valence-electron chi connectivity index (χ4n) is 2.50. The molecule has 2 N–H and O–H groups in total. The maximum absolute atomic E-state index is 12.0. The average molecular weight is 288 g/mol. The number of carbonyl (C=O) groups excluding carboxylic acids is 1. The van der Waals surface area contributed by atoms with E-state index in [4.69, 9.17) is 5.11 Å². The van der Waals surface area contributed by atoms with E-state index >= 15 is 0 Å². The van der Waals surface area contributed by atoms with Gasteiger partial charge < -0.3 is 15.0 Å².